The molecule has 0 unspecified atom stereocenters. The molecule has 4 nitrogen and oxygen atoms in total. The number of hydrogen-bond donors (Lipinski definition) is 1. The highest BCUT2D eigenvalue weighted by molar-refractivity contribution is 7.80. The summed E-state index contributed by atoms with van der Waals surface area (Å²) in [6.45, 7) is 6.10. The summed E-state index contributed by atoms with van der Waals surface area (Å²) in [6, 6.07) is 11.7. The van der Waals surface area contributed by atoms with Gasteiger partial charge in [-0.3, -0.25) is 4.90 Å². The van der Waals surface area contributed by atoms with Crippen molar-refractivity contribution in [2.45, 2.75) is 26.8 Å². The molecule has 0 aliphatic carbocycles. The van der Waals surface area contributed by atoms with E-state index in [1.807, 2.05) is 67.4 Å². The second kappa shape index (κ2) is 7.37. The maximum absolute atomic E-state index is 12.7. The molecule has 2 heterocycles. The molecule has 0 fully saturated rings. The number of allylic oxidation sites excluding steroid dienone is 1. The minimum atomic E-state index is -0.314. The fraction of sp³-hybridized carbons (Fsp3) is 0.263. The van der Waals surface area contributed by atoms with Gasteiger partial charge in [0.15, 0.2) is 5.11 Å². The van der Waals surface area contributed by atoms with E-state index in [0.717, 1.165) is 16.3 Å². The van der Waals surface area contributed by atoms with Gasteiger partial charge in [-0.25, -0.2) is 4.79 Å². The maximum Gasteiger partial charge on any atom is 0.338 e. The monoisotopic (exact) mass is 372 g/mol. The Kier molecular flexibility index (Phi) is 5.20. The fourth-order valence-electron chi connectivity index (χ4n) is 2.89. The first-order chi connectivity index (χ1) is 12.0. The summed E-state index contributed by atoms with van der Waals surface area (Å²) in [5, 5.41) is 5.88. The van der Waals surface area contributed by atoms with Crippen molar-refractivity contribution in [3.8, 4) is 0 Å². The second-order valence-electron chi connectivity index (χ2n) is 5.79. The summed E-state index contributed by atoms with van der Waals surface area (Å²) < 4.78 is 5.32. The number of carbonyl (C=O) groups excluding carboxylic acids is 1. The molecule has 1 aliphatic rings. The molecule has 25 heavy (non-hydrogen) atoms. The molecule has 0 bridgehead atoms. The summed E-state index contributed by atoms with van der Waals surface area (Å²) in [7, 11) is 0. The number of anilines is 1. The van der Waals surface area contributed by atoms with Crippen LogP contribution in [0.5, 0.6) is 0 Å². The largest absolute Gasteiger partial charge is 0.463 e. The van der Waals surface area contributed by atoms with Gasteiger partial charge in [-0.15, -0.1) is 11.3 Å². The van der Waals surface area contributed by atoms with Crippen LogP contribution in [0.3, 0.4) is 0 Å². The Morgan fingerprint density at radius 1 is 1.28 bits per heavy atom. The zero-order valence-corrected chi connectivity index (χ0v) is 16.0. The van der Waals surface area contributed by atoms with Crippen molar-refractivity contribution in [2.75, 3.05) is 11.5 Å². The van der Waals surface area contributed by atoms with Crippen LogP contribution in [0, 0.1) is 6.92 Å². The number of thiophene rings is 1. The lowest BCUT2D eigenvalue weighted by Crippen LogP contribution is -2.47. The van der Waals surface area contributed by atoms with Crippen molar-refractivity contribution >= 4 is 40.3 Å². The molecular formula is C19H20N2O2S2. The molecule has 6 heteroatoms. The Balaban J connectivity index is 2.10. The highest BCUT2D eigenvalue weighted by Gasteiger charge is 2.35. The van der Waals surface area contributed by atoms with Gasteiger partial charge in [0.1, 0.15) is 0 Å². The summed E-state index contributed by atoms with van der Waals surface area (Å²) in [6.07, 6.45) is 0. The number of aryl methyl sites for hydroxylation is 1. The van der Waals surface area contributed by atoms with E-state index in [9.17, 15) is 4.79 Å². The average molecular weight is 373 g/mol. The lowest BCUT2D eigenvalue weighted by molar-refractivity contribution is -0.139. The number of ether oxygens (including phenoxy) is 1. The topological polar surface area (TPSA) is 41.6 Å². The highest BCUT2D eigenvalue weighted by atomic mass is 32.1. The normalized spacial score (nSPS) is 17.5. The number of benzene rings is 1. The Bertz CT molecular complexity index is 810. The van der Waals surface area contributed by atoms with E-state index in [0.29, 0.717) is 17.3 Å². The number of nitrogens with zero attached hydrogens (tertiary/aromatic N) is 1. The molecule has 1 aliphatic heterocycles. The molecule has 0 amide bonds. The number of rotatable bonds is 4. The molecule has 130 valence electrons. The summed E-state index contributed by atoms with van der Waals surface area (Å²) in [5.74, 6) is -0.314. The van der Waals surface area contributed by atoms with Gasteiger partial charge in [-0.1, -0.05) is 23.8 Å². The van der Waals surface area contributed by atoms with Crippen LogP contribution in [0.2, 0.25) is 0 Å². The zero-order valence-electron chi connectivity index (χ0n) is 14.4. The number of esters is 1. The predicted molar refractivity (Wildman–Crippen MR) is 106 cm³/mol. The first-order valence-electron chi connectivity index (χ1n) is 8.11. The molecule has 1 N–H and O–H groups in total. The predicted octanol–water partition coefficient (Wildman–Crippen LogP) is 4.33. The zero-order chi connectivity index (χ0) is 18.0. The van der Waals surface area contributed by atoms with Gasteiger partial charge >= 0.3 is 5.97 Å². The van der Waals surface area contributed by atoms with Crippen LogP contribution in [-0.2, 0) is 9.53 Å². The second-order valence-corrected chi connectivity index (χ2v) is 7.15. The molecule has 1 atom stereocenters. The van der Waals surface area contributed by atoms with Crippen LogP contribution in [0.4, 0.5) is 5.69 Å². The first-order valence-corrected chi connectivity index (χ1v) is 9.40. The Labute approximate surface area is 157 Å². The number of carbonyl (C=O) groups is 1. The van der Waals surface area contributed by atoms with E-state index in [-0.39, 0.29) is 12.0 Å². The molecule has 2 aromatic rings. The highest BCUT2D eigenvalue weighted by Crippen LogP contribution is 2.35. The van der Waals surface area contributed by atoms with Crippen molar-refractivity contribution in [1.29, 1.82) is 0 Å². The third kappa shape index (κ3) is 3.45. The number of thiocarbonyl (C=S) groups is 1. The molecule has 0 saturated heterocycles. The van der Waals surface area contributed by atoms with Gasteiger partial charge in [0.2, 0.25) is 0 Å². The molecule has 0 spiro atoms. The van der Waals surface area contributed by atoms with Crippen LogP contribution in [0.25, 0.3) is 0 Å². The molecule has 3 rings (SSSR count). The molecule has 0 saturated carbocycles. The van der Waals surface area contributed by atoms with E-state index in [4.69, 9.17) is 17.0 Å². The van der Waals surface area contributed by atoms with Crippen molar-refractivity contribution in [2.24, 2.45) is 0 Å². The summed E-state index contributed by atoms with van der Waals surface area (Å²) >= 11 is 7.20. The number of nitrogens with one attached hydrogen (secondary N) is 1. The lowest BCUT2D eigenvalue weighted by atomic mass is 10.00. The number of hydrogen-bond acceptors (Lipinski definition) is 4. The minimum Gasteiger partial charge on any atom is -0.463 e. The summed E-state index contributed by atoms with van der Waals surface area (Å²) in [4.78, 5) is 15.6. The van der Waals surface area contributed by atoms with Crippen molar-refractivity contribution < 1.29 is 9.53 Å². The Morgan fingerprint density at radius 2 is 2.00 bits per heavy atom. The molecule has 1 aromatic carbocycles. The van der Waals surface area contributed by atoms with E-state index in [2.05, 4.69) is 5.32 Å². The van der Waals surface area contributed by atoms with E-state index in [1.165, 1.54) is 5.56 Å². The first kappa shape index (κ1) is 17.6. The molecular weight excluding hydrogens is 352 g/mol. The fourth-order valence-corrected chi connectivity index (χ4v) is 4.03. The third-order valence-electron chi connectivity index (χ3n) is 4.10. The Morgan fingerprint density at radius 3 is 2.60 bits per heavy atom. The lowest BCUT2D eigenvalue weighted by Gasteiger charge is -2.37. The van der Waals surface area contributed by atoms with Gasteiger partial charge in [0.05, 0.1) is 18.2 Å². The Hall–Kier alpha value is -2.18. The van der Waals surface area contributed by atoms with E-state index >= 15 is 0 Å². The van der Waals surface area contributed by atoms with E-state index < -0.39 is 0 Å². The average Bonchev–Trinajstić information content (AvgIpc) is 3.10. The maximum atomic E-state index is 12.7. The SMILES string of the molecule is CCOC(=O)C1=C(C)N(c2ccc(C)cc2)C(=S)N[C@@H]1c1cccs1. The van der Waals surface area contributed by atoms with Crippen molar-refractivity contribution in [1.82, 2.24) is 5.32 Å². The quantitative estimate of drug-likeness (QED) is 0.639. The van der Waals surface area contributed by atoms with E-state index in [1.54, 1.807) is 11.3 Å². The van der Waals surface area contributed by atoms with Crippen LogP contribution >= 0.6 is 23.6 Å². The van der Waals surface area contributed by atoms with Gasteiger partial charge < -0.3 is 10.1 Å². The molecule has 0 radical (unpaired) electrons. The standard InChI is InChI=1S/C19H20N2O2S2/c1-4-23-18(22)16-13(3)21(14-9-7-12(2)8-10-14)19(24)20-17(16)15-6-5-11-25-15/h5-11,17H,4H2,1-3H3,(H,20,24)/t17-/m1/s1. The van der Waals surface area contributed by atoms with Crippen LogP contribution < -0.4 is 10.2 Å². The van der Waals surface area contributed by atoms with Gasteiger partial charge in [-0.05, 0) is 56.6 Å². The summed E-state index contributed by atoms with van der Waals surface area (Å²) in [5.41, 5.74) is 3.48. The smallest absolute Gasteiger partial charge is 0.338 e. The van der Waals surface area contributed by atoms with Crippen molar-refractivity contribution in [3.05, 3.63) is 63.5 Å². The van der Waals surface area contributed by atoms with Gasteiger partial charge in [0, 0.05) is 16.3 Å². The van der Waals surface area contributed by atoms with Crippen molar-refractivity contribution in [3.63, 3.8) is 0 Å². The van der Waals surface area contributed by atoms with Gasteiger partial charge in [-0.2, -0.15) is 0 Å². The molecule has 1 aromatic heterocycles. The van der Waals surface area contributed by atoms with Gasteiger partial charge in [0.25, 0.3) is 0 Å². The van der Waals surface area contributed by atoms with Crippen LogP contribution in [0.15, 0.2) is 53.0 Å². The van der Waals surface area contributed by atoms with Crippen LogP contribution in [-0.4, -0.2) is 17.7 Å². The van der Waals surface area contributed by atoms with Crippen LogP contribution in [0.1, 0.15) is 30.3 Å². The third-order valence-corrected chi connectivity index (χ3v) is 5.34. The minimum absolute atomic E-state index is 0.284.